The van der Waals surface area contributed by atoms with Gasteiger partial charge in [0.2, 0.25) is 0 Å². The normalized spacial score (nSPS) is 14.2. The van der Waals surface area contributed by atoms with Crippen LogP contribution in [0.5, 0.6) is 0 Å². The zero-order chi connectivity index (χ0) is 17.2. The van der Waals surface area contributed by atoms with E-state index in [0.717, 1.165) is 47.6 Å². The number of hydrogen-bond donors (Lipinski definition) is 2. The molecule has 0 atom stereocenters. The molecule has 3 aromatic rings. The quantitative estimate of drug-likeness (QED) is 0.713. The van der Waals surface area contributed by atoms with Crippen molar-refractivity contribution in [1.29, 1.82) is 0 Å². The molecule has 1 aromatic carbocycles. The third kappa shape index (κ3) is 3.45. The smallest absolute Gasteiger partial charge is 0.256 e. The minimum atomic E-state index is -0.0824. The maximum Gasteiger partial charge on any atom is 0.256 e. The summed E-state index contributed by atoms with van der Waals surface area (Å²) in [5.41, 5.74) is 4.89. The Balaban J connectivity index is 1.50. The molecule has 0 radical (unpaired) electrons. The van der Waals surface area contributed by atoms with Crippen molar-refractivity contribution in [2.24, 2.45) is 0 Å². The van der Waals surface area contributed by atoms with E-state index in [4.69, 9.17) is 12.2 Å². The van der Waals surface area contributed by atoms with E-state index < -0.39 is 0 Å². The molecule has 25 heavy (non-hydrogen) atoms. The van der Waals surface area contributed by atoms with Crippen LogP contribution in [-0.2, 0) is 19.5 Å². The van der Waals surface area contributed by atoms with E-state index in [-0.39, 0.29) is 5.56 Å². The van der Waals surface area contributed by atoms with Crippen molar-refractivity contribution < 1.29 is 0 Å². The fourth-order valence-corrected chi connectivity index (χ4v) is 3.42. The highest BCUT2D eigenvalue weighted by atomic mass is 32.1. The van der Waals surface area contributed by atoms with Crippen molar-refractivity contribution in [2.45, 2.75) is 19.5 Å². The van der Waals surface area contributed by atoms with Crippen LogP contribution < -0.4 is 5.56 Å². The summed E-state index contributed by atoms with van der Waals surface area (Å²) in [5, 5.41) is 0. The summed E-state index contributed by atoms with van der Waals surface area (Å²) in [5.74, 6) is 0. The van der Waals surface area contributed by atoms with Gasteiger partial charge in [0, 0.05) is 43.5 Å². The van der Waals surface area contributed by atoms with E-state index in [1.54, 1.807) is 0 Å². The van der Waals surface area contributed by atoms with E-state index in [1.807, 2.05) is 30.5 Å². The summed E-state index contributed by atoms with van der Waals surface area (Å²) in [6.07, 6.45) is 2.72. The molecule has 2 N–H and O–H groups in total. The van der Waals surface area contributed by atoms with Crippen molar-refractivity contribution in [3.63, 3.8) is 0 Å². The van der Waals surface area contributed by atoms with E-state index >= 15 is 0 Å². The minimum Gasteiger partial charge on any atom is -0.335 e. The highest BCUT2D eigenvalue weighted by Gasteiger charge is 2.19. The van der Waals surface area contributed by atoms with E-state index in [2.05, 4.69) is 38.1 Å². The van der Waals surface area contributed by atoms with Gasteiger partial charge < -0.3 is 4.98 Å². The molecule has 2 aromatic heterocycles. The Hall–Kier alpha value is -2.57. The number of aromatic amines is 2. The molecule has 0 bridgehead atoms. The number of aromatic nitrogens is 3. The standard InChI is InChI=1S/C19H18N4OS/c24-18-15-12-23(9-8-17(15)21-19(25)22-18)11-13-6-7-16(20-10-13)14-4-2-1-3-5-14/h1-7,10H,8-9,11-12H2,(H2,21,22,24,25). The highest BCUT2D eigenvalue weighted by molar-refractivity contribution is 7.71. The van der Waals surface area contributed by atoms with Crippen molar-refractivity contribution >= 4 is 12.2 Å². The summed E-state index contributed by atoms with van der Waals surface area (Å²) >= 11 is 5.04. The van der Waals surface area contributed by atoms with Gasteiger partial charge in [-0.05, 0) is 23.8 Å². The van der Waals surface area contributed by atoms with Crippen molar-refractivity contribution in [1.82, 2.24) is 19.9 Å². The maximum atomic E-state index is 12.1. The van der Waals surface area contributed by atoms with Crippen LogP contribution in [0.4, 0.5) is 0 Å². The van der Waals surface area contributed by atoms with Crippen LogP contribution in [-0.4, -0.2) is 26.4 Å². The van der Waals surface area contributed by atoms with Gasteiger partial charge in [-0.25, -0.2) is 0 Å². The van der Waals surface area contributed by atoms with Crippen molar-refractivity contribution in [3.8, 4) is 11.3 Å². The number of fused-ring (bicyclic) bond motifs is 1. The molecule has 0 aliphatic carbocycles. The molecular weight excluding hydrogens is 332 g/mol. The topological polar surface area (TPSA) is 64.8 Å². The fraction of sp³-hybridized carbons (Fsp3) is 0.211. The second-order valence-corrected chi connectivity index (χ2v) is 6.65. The number of benzene rings is 1. The molecule has 0 fully saturated rings. The monoisotopic (exact) mass is 350 g/mol. The van der Waals surface area contributed by atoms with Gasteiger partial charge in [0.05, 0.1) is 11.3 Å². The third-order valence-electron chi connectivity index (χ3n) is 4.49. The average molecular weight is 350 g/mol. The first-order valence-electron chi connectivity index (χ1n) is 8.26. The molecular formula is C19H18N4OS. The van der Waals surface area contributed by atoms with Gasteiger partial charge in [-0.15, -0.1) is 0 Å². The lowest BCUT2D eigenvalue weighted by atomic mass is 10.1. The number of H-pyrrole nitrogens is 2. The molecule has 6 heteroatoms. The van der Waals surface area contributed by atoms with Crippen LogP contribution in [0.25, 0.3) is 11.3 Å². The Morgan fingerprint density at radius 2 is 1.96 bits per heavy atom. The Labute approximate surface area is 150 Å². The Morgan fingerprint density at radius 3 is 2.72 bits per heavy atom. The Morgan fingerprint density at radius 1 is 1.12 bits per heavy atom. The second kappa shape index (κ2) is 6.74. The molecule has 0 unspecified atom stereocenters. The Kier molecular flexibility index (Phi) is 4.29. The van der Waals surface area contributed by atoms with E-state index in [0.29, 0.717) is 11.3 Å². The van der Waals surface area contributed by atoms with Crippen LogP contribution in [0, 0.1) is 4.77 Å². The molecule has 0 amide bonds. The first-order valence-corrected chi connectivity index (χ1v) is 8.67. The zero-order valence-electron chi connectivity index (χ0n) is 13.7. The zero-order valence-corrected chi connectivity index (χ0v) is 14.5. The van der Waals surface area contributed by atoms with Crippen LogP contribution in [0.15, 0.2) is 53.5 Å². The van der Waals surface area contributed by atoms with Gasteiger partial charge in [0.15, 0.2) is 4.77 Å². The average Bonchev–Trinajstić information content (AvgIpc) is 2.63. The number of nitrogens with one attached hydrogen (secondary N) is 2. The SMILES string of the molecule is O=c1[nH]c(=S)[nH]c2c1CN(Cc1ccc(-c3ccccc3)nc1)CC2. The second-order valence-electron chi connectivity index (χ2n) is 6.24. The summed E-state index contributed by atoms with van der Waals surface area (Å²) < 4.78 is 0.401. The van der Waals surface area contributed by atoms with Crippen LogP contribution in [0.2, 0.25) is 0 Å². The molecule has 3 heterocycles. The van der Waals surface area contributed by atoms with Crippen LogP contribution in [0.1, 0.15) is 16.8 Å². The first-order chi connectivity index (χ1) is 12.2. The predicted molar refractivity (Wildman–Crippen MR) is 99.7 cm³/mol. The number of hydrogen-bond acceptors (Lipinski definition) is 4. The molecule has 0 saturated carbocycles. The van der Waals surface area contributed by atoms with Crippen LogP contribution >= 0.6 is 12.2 Å². The first kappa shape index (κ1) is 15.9. The molecule has 0 saturated heterocycles. The number of rotatable bonds is 3. The van der Waals surface area contributed by atoms with Gasteiger partial charge in [-0.3, -0.25) is 19.7 Å². The predicted octanol–water partition coefficient (Wildman–Crippen LogP) is 3.05. The van der Waals surface area contributed by atoms with Crippen LogP contribution in [0.3, 0.4) is 0 Å². The van der Waals surface area contributed by atoms with Gasteiger partial charge in [-0.2, -0.15) is 0 Å². The minimum absolute atomic E-state index is 0.0824. The molecule has 1 aliphatic rings. The number of nitrogens with zero attached hydrogens (tertiary/aromatic N) is 2. The molecule has 0 spiro atoms. The van der Waals surface area contributed by atoms with Gasteiger partial charge in [0.1, 0.15) is 0 Å². The lowest BCUT2D eigenvalue weighted by Gasteiger charge is -2.27. The largest absolute Gasteiger partial charge is 0.335 e. The summed E-state index contributed by atoms with van der Waals surface area (Å²) in [6, 6.07) is 14.3. The van der Waals surface area contributed by atoms with Gasteiger partial charge >= 0.3 is 0 Å². The van der Waals surface area contributed by atoms with Gasteiger partial charge in [0.25, 0.3) is 5.56 Å². The molecule has 4 rings (SSSR count). The number of pyridine rings is 1. The van der Waals surface area contributed by atoms with Crippen molar-refractivity contribution in [3.05, 3.63) is 80.6 Å². The summed E-state index contributed by atoms with van der Waals surface area (Å²) in [4.78, 5) is 24.7. The van der Waals surface area contributed by atoms with Gasteiger partial charge in [-0.1, -0.05) is 36.4 Å². The van der Waals surface area contributed by atoms with E-state index in [1.165, 1.54) is 0 Å². The lowest BCUT2D eigenvalue weighted by molar-refractivity contribution is 0.241. The lowest BCUT2D eigenvalue weighted by Crippen LogP contribution is -2.35. The molecule has 1 aliphatic heterocycles. The fourth-order valence-electron chi connectivity index (χ4n) is 3.20. The van der Waals surface area contributed by atoms with E-state index in [9.17, 15) is 4.79 Å². The highest BCUT2D eigenvalue weighted by Crippen LogP contribution is 2.19. The van der Waals surface area contributed by atoms with Crippen molar-refractivity contribution in [2.75, 3.05) is 6.54 Å². The molecule has 126 valence electrons. The maximum absolute atomic E-state index is 12.1. The third-order valence-corrected chi connectivity index (χ3v) is 4.69. The summed E-state index contributed by atoms with van der Waals surface area (Å²) in [7, 11) is 0. The molecule has 5 nitrogen and oxygen atoms in total. The Bertz CT molecular complexity index is 992. The summed E-state index contributed by atoms with van der Waals surface area (Å²) in [6.45, 7) is 2.29.